The van der Waals surface area contributed by atoms with Gasteiger partial charge in [-0.15, -0.1) is 0 Å². The van der Waals surface area contributed by atoms with Gasteiger partial charge in [0, 0.05) is 5.02 Å². The molecule has 0 saturated heterocycles. The smallest absolute Gasteiger partial charge is 0.266 e. The zero-order valence-corrected chi connectivity index (χ0v) is 16.1. The Morgan fingerprint density at radius 3 is 2.52 bits per heavy atom. The Balaban J connectivity index is 2.14. The highest BCUT2D eigenvalue weighted by molar-refractivity contribution is 7.99. The van der Waals surface area contributed by atoms with Crippen molar-refractivity contribution >= 4 is 34.3 Å². The molecule has 0 radical (unpaired) electrons. The van der Waals surface area contributed by atoms with Gasteiger partial charge in [-0.25, -0.2) is 4.98 Å². The molecule has 0 fully saturated rings. The fraction of sp³-hybridized carbons (Fsp3) is 0.263. The van der Waals surface area contributed by atoms with Crippen LogP contribution in [-0.2, 0) is 0 Å². The zero-order valence-electron chi connectivity index (χ0n) is 14.5. The number of thioether (sulfide) groups is 1. The van der Waals surface area contributed by atoms with Crippen LogP contribution in [0.1, 0.15) is 6.92 Å². The lowest BCUT2D eigenvalue weighted by Crippen LogP contribution is -3.10. The van der Waals surface area contributed by atoms with E-state index >= 15 is 0 Å². The van der Waals surface area contributed by atoms with Crippen LogP contribution >= 0.6 is 23.4 Å². The molecule has 2 aromatic carbocycles. The molecule has 3 rings (SSSR count). The molecule has 0 spiro atoms. The van der Waals surface area contributed by atoms with Crippen molar-refractivity contribution in [2.24, 2.45) is 0 Å². The standard InChI is InChI=1S/C19H20ClN3OS/c1-13(22(2)3)12-25-19-21-17-7-5-4-6-16(17)18(24)23(19)15-10-8-14(20)9-11-15/h4-11,13H,12H2,1-3H3/p+1/t13-/m1/s1. The molecule has 1 N–H and O–H groups in total. The van der Waals surface area contributed by atoms with Gasteiger partial charge < -0.3 is 4.90 Å². The number of rotatable bonds is 5. The maximum atomic E-state index is 13.1. The van der Waals surface area contributed by atoms with E-state index in [1.165, 1.54) is 4.90 Å². The Labute approximate surface area is 156 Å². The number of quaternary nitrogens is 1. The minimum Gasteiger partial charge on any atom is -0.337 e. The molecule has 130 valence electrons. The normalized spacial score (nSPS) is 12.7. The van der Waals surface area contributed by atoms with Gasteiger partial charge in [0.05, 0.1) is 42.5 Å². The largest absolute Gasteiger partial charge is 0.337 e. The number of nitrogens with zero attached hydrogens (tertiary/aromatic N) is 2. The third-order valence-corrected chi connectivity index (χ3v) is 5.73. The van der Waals surface area contributed by atoms with Crippen molar-refractivity contribution in [1.29, 1.82) is 0 Å². The van der Waals surface area contributed by atoms with Crippen LogP contribution < -0.4 is 10.5 Å². The van der Waals surface area contributed by atoms with Crippen molar-refractivity contribution in [3.63, 3.8) is 0 Å². The van der Waals surface area contributed by atoms with Gasteiger partial charge in [0.1, 0.15) is 0 Å². The number of hydrogen-bond acceptors (Lipinski definition) is 3. The van der Waals surface area contributed by atoms with Crippen LogP contribution in [0.25, 0.3) is 16.6 Å². The average molecular weight is 375 g/mol. The second kappa shape index (κ2) is 7.60. The number of aromatic nitrogens is 2. The molecule has 0 aliphatic heterocycles. The molecule has 25 heavy (non-hydrogen) atoms. The molecule has 1 atom stereocenters. The van der Waals surface area contributed by atoms with E-state index in [9.17, 15) is 4.79 Å². The van der Waals surface area contributed by atoms with Crippen molar-refractivity contribution in [1.82, 2.24) is 9.55 Å². The van der Waals surface area contributed by atoms with Gasteiger partial charge in [-0.1, -0.05) is 35.5 Å². The second-order valence-corrected chi connectivity index (χ2v) is 7.74. The number of benzene rings is 2. The summed E-state index contributed by atoms with van der Waals surface area (Å²) in [6, 6.07) is 15.2. The maximum absolute atomic E-state index is 13.1. The lowest BCUT2D eigenvalue weighted by atomic mass is 10.2. The summed E-state index contributed by atoms with van der Waals surface area (Å²) in [7, 11) is 4.26. The Morgan fingerprint density at radius 1 is 1.16 bits per heavy atom. The monoisotopic (exact) mass is 374 g/mol. The summed E-state index contributed by atoms with van der Waals surface area (Å²) in [5, 5.41) is 1.97. The van der Waals surface area contributed by atoms with Crippen molar-refractivity contribution < 1.29 is 4.90 Å². The minimum atomic E-state index is -0.0553. The minimum absolute atomic E-state index is 0.0553. The van der Waals surface area contributed by atoms with Crippen molar-refractivity contribution in [2.45, 2.75) is 18.1 Å². The zero-order chi connectivity index (χ0) is 18.0. The van der Waals surface area contributed by atoms with Gasteiger partial charge in [0.15, 0.2) is 5.16 Å². The number of hydrogen-bond donors (Lipinski definition) is 1. The molecule has 1 aromatic heterocycles. The summed E-state index contributed by atoms with van der Waals surface area (Å²) in [6.45, 7) is 2.19. The van der Waals surface area contributed by atoms with Crippen LogP contribution in [0.3, 0.4) is 0 Å². The third-order valence-electron chi connectivity index (χ3n) is 4.28. The predicted molar refractivity (Wildman–Crippen MR) is 105 cm³/mol. The van der Waals surface area contributed by atoms with E-state index in [2.05, 4.69) is 21.0 Å². The van der Waals surface area contributed by atoms with Gasteiger partial charge in [-0.3, -0.25) is 9.36 Å². The van der Waals surface area contributed by atoms with Crippen LogP contribution in [0.15, 0.2) is 58.5 Å². The van der Waals surface area contributed by atoms with E-state index in [-0.39, 0.29) is 5.56 Å². The van der Waals surface area contributed by atoms with Crippen molar-refractivity contribution in [3.8, 4) is 5.69 Å². The summed E-state index contributed by atoms with van der Waals surface area (Å²) in [5.74, 6) is 0.876. The predicted octanol–water partition coefficient (Wildman–Crippen LogP) is 2.66. The lowest BCUT2D eigenvalue weighted by molar-refractivity contribution is -0.880. The van der Waals surface area contributed by atoms with Crippen molar-refractivity contribution in [3.05, 3.63) is 63.9 Å². The van der Waals surface area contributed by atoms with Gasteiger partial charge in [0.25, 0.3) is 5.56 Å². The summed E-state index contributed by atoms with van der Waals surface area (Å²) in [4.78, 5) is 19.2. The van der Waals surface area contributed by atoms with E-state index in [1.54, 1.807) is 28.5 Å². The molecule has 0 saturated carbocycles. The maximum Gasteiger partial charge on any atom is 0.266 e. The molecule has 0 unspecified atom stereocenters. The van der Waals surface area contributed by atoms with E-state index in [0.717, 1.165) is 17.0 Å². The van der Waals surface area contributed by atoms with Crippen LogP contribution in [0, 0.1) is 0 Å². The SMILES string of the molecule is C[C@H](CSc1nc2ccccc2c(=O)n1-c1ccc(Cl)cc1)[NH+](C)C. The highest BCUT2D eigenvalue weighted by atomic mass is 35.5. The fourth-order valence-electron chi connectivity index (χ4n) is 2.39. The highest BCUT2D eigenvalue weighted by Gasteiger charge is 2.16. The van der Waals surface area contributed by atoms with Gasteiger partial charge in [0.2, 0.25) is 0 Å². The van der Waals surface area contributed by atoms with Gasteiger partial charge >= 0.3 is 0 Å². The summed E-state index contributed by atoms with van der Waals surface area (Å²) < 4.78 is 1.68. The summed E-state index contributed by atoms with van der Waals surface area (Å²) in [5.41, 5.74) is 1.45. The van der Waals surface area contributed by atoms with Crippen molar-refractivity contribution in [2.75, 3.05) is 19.8 Å². The first-order valence-electron chi connectivity index (χ1n) is 8.18. The molecule has 4 nitrogen and oxygen atoms in total. The van der Waals surface area contributed by atoms with E-state index in [1.807, 2.05) is 36.4 Å². The molecule has 0 bridgehead atoms. The Bertz CT molecular complexity index is 938. The van der Waals surface area contributed by atoms with Crippen LogP contribution in [0.2, 0.25) is 5.02 Å². The van der Waals surface area contributed by atoms with E-state index in [4.69, 9.17) is 16.6 Å². The number of halogens is 1. The molecule has 1 heterocycles. The Morgan fingerprint density at radius 2 is 1.84 bits per heavy atom. The third kappa shape index (κ3) is 3.89. The highest BCUT2D eigenvalue weighted by Crippen LogP contribution is 2.22. The quantitative estimate of drug-likeness (QED) is 0.551. The number of nitrogens with one attached hydrogen (secondary N) is 1. The average Bonchev–Trinajstić information content (AvgIpc) is 2.61. The Hall–Kier alpha value is -1.82. The first-order valence-corrected chi connectivity index (χ1v) is 9.54. The van der Waals surface area contributed by atoms with E-state index in [0.29, 0.717) is 21.6 Å². The van der Waals surface area contributed by atoms with E-state index < -0.39 is 0 Å². The second-order valence-electron chi connectivity index (χ2n) is 6.32. The molecular weight excluding hydrogens is 354 g/mol. The van der Waals surface area contributed by atoms with Crippen LogP contribution in [0.5, 0.6) is 0 Å². The summed E-state index contributed by atoms with van der Waals surface area (Å²) >= 11 is 7.61. The van der Waals surface area contributed by atoms with Gasteiger partial charge in [-0.2, -0.15) is 0 Å². The molecule has 3 aromatic rings. The lowest BCUT2D eigenvalue weighted by Gasteiger charge is -2.18. The Kier molecular flexibility index (Phi) is 5.47. The molecule has 0 aliphatic rings. The number of fused-ring (bicyclic) bond motifs is 1. The summed E-state index contributed by atoms with van der Waals surface area (Å²) in [6.07, 6.45) is 0. The van der Waals surface area contributed by atoms with Gasteiger partial charge in [-0.05, 0) is 43.3 Å². The molecule has 6 heteroatoms. The first kappa shape index (κ1) is 18.0. The molecular formula is C19H21ClN3OS+. The van der Waals surface area contributed by atoms with Crippen LogP contribution in [0.4, 0.5) is 0 Å². The van der Waals surface area contributed by atoms with Crippen LogP contribution in [-0.4, -0.2) is 35.4 Å². The molecule has 0 amide bonds. The molecule has 0 aliphatic carbocycles. The number of para-hydroxylation sites is 1. The topological polar surface area (TPSA) is 39.3 Å². The fourth-order valence-corrected chi connectivity index (χ4v) is 3.73. The first-order chi connectivity index (χ1) is 12.0.